The Labute approximate surface area is 219 Å². The number of aromatic hydroxyl groups is 1. The van der Waals surface area contributed by atoms with Crippen molar-refractivity contribution >= 4 is 17.6 Å². The number of rotatable bonds is 6. The predicted octanol–water partition coefficient (Wildman–Crippen LogP) is 5.18. The quantitative estimate of drug-likeness (QED) is 0.329. The van der Waals surface area contributed by atoms with E-state index >= 15 is 0 Å². The van der Waals surface area contributed by atoms with Crippen molar-refractivity contribution in [2.75, 3.05) is 12.1 Å². The molecule has 4 aromatic rings. The number of amides is 2. The fourth-order valence-corrected chi connectivity index (χ4v) is 4.48. The number of benzene rings is 3. The Morgan fingerprint density at radius 1 is 1.03 bits per heavy atom. The molecular weight excluding hydrogens is 484 g/mol. The molecule has 9 heteroatoms. The Balaban J connectivity index is 1.19. The first-order chi connectivity index (χ1) is 18.5. The van der Waals surface area contributed by atoms with E-state index in [1.54, 1.807) is 30.3 Å². The molecule has 0 bridgehead atoms. The lowest BCUT2D eigenvalue weighted by Gasteiger charge is -2.10. The van der Waals surface area contributed by atoms with Crippen LogP contribution in [0.4, 0.5) is 10.5 Å². The molecular formula is C29H26N4O5. The van der Waals surface area contributed by atoms with Crippen LogP contribution in [0.2, 0.25) is 0 Å². The second-order valence-corrected chi connectivity index (χ2v) is 9.48. The predicted molar refractivity (Wildman–Crippen MR) is 141 cm³/mol. The maximum atomic E-state index is 13.1. The fourth-order valence-electron chi connectivity index (χ4n) is 4.48. The van der Waals surface area contributed by atoms with E-state index in [1.165, 1.54) is 10.7 Å². The Hall–Kier alpha value is -4.79. The van der Waals surface area contributed by atoms with Crippen LogP contribution in [0.1, 0.15) is 45.9 Å². The molecule has 1 fully saturated rings. The van der Waals surface area contributed by atoms with Gasteiger partial charge in [0, 0.05) is 35.3 Å². The standard InChI is InChI=1S/C29H26N4O5/c1-17-4-2-3-5-20(17)15-30-29(36)33-24(18-6-7-18)14-23(32-33)22-10-9-21(13-25(22)34)31-28(35)19-8-11-26-27(12-19)38-16-37-26/h2-5,8-14,18,34H,6-7,15-16H2,1H3,(H,30,36)(H,31,35). The number of aryl methyl sites for hydroxylation is 1. The van der Waals surface area contributed by atoms with Crippen molar-refractivity contribution in [1.29, 1.82) is 0 Å². The van der Waals surface area contributed by atoms with Gasteiger partial charge in [0.15, 0.2) is 11.5 Å². The Kier molecular flexibility index (Phi) is 5.95. The van der Waals surface area contributed by atoms with Crippen molar-refractivity contribution in [3.63, 3.8) is 0 Å². The van der Waals surface area contributed by atoms with E-state index in [1.807, 2.05) is 37.3 Å². The van der Waals surface area contributed by atoms with Crippen LogP contribution in [0, 0.1) is 6.92 Å². The number of nitrogens with zero attached hydrogens (tertiary/aromatic N) is 2. The van der Waals surface area contributed by atoms with Crippen LogP contribution >= 0.6 is 0 Å². The third kappa shape index (κ3) is 4.66. The molecule has 9 nitrogen and oxygen atoms in total. The zero-order chi connectivity index (χ0) is 26.2. The summed E-state index contributed by atoms with van der Waals surface area (Å²) in [7, 11) is 0. The van der Waals surface area contributed by atoms with E-state index in [4.69, 9.17) is 9.47 Å². The highest BCUT2D eigenvalue weighted by Crippen LogP contribution is 2.42. The lowest BCUT2D eigenvalue weighted by atomic mass is 10.1. The highest BCUT2D eigenvalue weighted by molar-refractivity contribution is 6.05. The summed E-state index contributed by atoms with van der Waals surface area (Å²) in [6.45, 7) is 2.53. The maximum Gasteiger partial charge on any atom is 0.342 e. The number of ether oxygens (including phenoxy) is 2. The summed E-state index contributed by atoms with van der Waals surface area (Å²) >= 11 is 0. The number of phenols is 1. The molecule has 3 aromatic carbocycles. The molecule has 1 aromatic heterocycles. The van der Waals surface area contributed by atoms with E-state index in [0.29, 0.717) is 40.6 Å². The summed E-state index contributed by atoms with van der Waals surface area (Å²) in [6.07, 6.45) is 1.99. The molecule has 1 aliphatic heterocycles. The van der Waals surface area contributed by atoms with E-state index in [-0.39, 0.29) is 30.4 Å². The van der Waals surface area contributed by atoms with Gasteiger partial charge in [-0.3, -0.25) is 4.79 Å². The second kappa shape index (κ2) is 9.59. The number of nitrogens with one attached hydrogen (secondary N) is 2. The lowest BCUT2D eigenvalue weighted by Crippen LogP contribution is -2.30. The number of phenolic OH excluding ortho intramolecular Hbond substituents is 1. The molecule has 0 atom stereocenters. The molecule has 0 saturated heterocycles. The lowest BCUT2D eigenvalue weighted by molar-refractivity contribution is 0.102. The van der Waals surface area contributed by atoms with Gasteiger partial charge >= 0.3 is 6.03 Å². The van der Waals surface area contributed by atoms with Gasteiger partial charge < -0.3 is 25.2 Å². The largest absolute Gasteiger partial charge is 0.507 e. The molecule has 38 heavy (non-hydrogen) atoms. The van der Waals surface area contributed by atoms with Crippen LogP contribution < -0.4 is 20.1 Å². The summed E-state index contributed by atoms with van der Waals surface area (Å²) in [5, 5.41) is 21.1. The van der Waals surface area contributed by atoms with Crippen LogP contribution in [-0.2, 0) is 6.54 Å². The number of carbonyl (C=O) groups excluding carboxylic acids is 2. The van der Waals surface area contributed by atoms with Crippen molar-refractivity contribution in [2.45, 2.75) is 32.2 Å². The maximum absolute atomic E-state index is 13.1. The summed E-state index contributed by atoms with van der Waals surface area (Å²) in [5.41, 5.74) is 4.75. The van der Waals surface area contributed by atoms with Gasteiger partial charge in [0.05, 0.1) is 11.4 Å². The number of anilines is 1. The Bertz CT molecular complexity index is 1560. The first-order valence-corrected chi connectivity index (χ1v) is 12.4. The monoisotopic (exact) mass is 510 g/mol. The van der Waals surface area contributed by atoms with Gasteiger partial charge in [0.2, 0.25) is 6.79 Å². The summed E-state index contributed by atoms with van der Waals surface area (Å²) < 4.78 is 12.0. The highest BCUT2D eigenvalue weighted by Gasteiger charge is 2.31. The summed E-state index contributed by atoms with van der Waals surface area (Å²) in [5.74, 6) is 0.975. The second-order valence-electron chi connectivity index (χ2n) is 9.48. The molecule has 1 aliphatic carbocycles. The molecule has 0 unspecified atom stereocenters. The third-order valence-corrected chi connectivity index (χ3v) is 6.78. The number of hydrogen-bond acceptors (Lipinski definition) is 6. The minimum atomic E-state index is -0.346. The van der Waals surface area contributed by atoms with Crippen LogP contribution in [0.5, 0.6) is 17.2 Å². The van der Waals surface area contributed by atoms with Crippen molar-refractivity contribution in [3.05, 3.63) is 89.1 Å². The topological polar surface area (TPSA) is 115 Å². The SMILES string of the molecule is Cc1ccccc1CNC(=O)n1nc(-c2ccc(NC(=O)c3ccc4c(c3)OCO4)cc2O)cc1C1CC1. The van der Waals surface area contributed by atoms with Crippen LogP contribution in [0.25, 0.3) is 11.3 Å². The van der Waals surface area contributed by atoms with Crippen LogP contribution in [0.15, 0.2) is 66.7 Å². The van der Waals surface area contributed by atoms with E-state index in [2.05, 4.69) is 15.7 Å². The molecule has 0 spiro atoms. The highest BCUT2D eigenvalue weighted by atomic mass is 16.7. The van der Waals surface area contributed by atoms with Gasteiger partial charge in [0.1, 0.15) is 5.75 Å². The third-order valence-electron chi connectivity index (χ3n) is 6.78. The zero-order valence-corrected chi connectivity index (χ0v) is 20.7. The minimum absolute atomic E-state index is 0.0548. The Morgan fingerprint density at radius 3 is 2.63 bits per heavy atom. The van der Waals surface area contributed by atoms with Crippen molar-refractivity contribution in [2.24, 2.45) is 0 Å². The van der Waals surface area contributed by atoms with Crippen molar-refractivity contribution < 1.29 is 24.2 Å². The van der Waals surface area contributed by atoms with Crippen molar-refractivity contribution in [3.8, 4) is 28.5 Å². The van der Waals surface area contributed by atoms with Crippen LogP contribution in [-0.4, -0.2) is 33.6 Å². The average molecular weight is 511 g/mol. The number of fused-ring (bicyclic) bond motifs is 1. The minimum Gasteiger partial charge on any atom is -0.507 e. The molecule has 2 aliphatic rings. The van der Waals surface area contributed by atoms with Crippen molar-refractivity contribution in [1.82, 2.24) is 15.1 Å². The van der Waals surface area contributed by atoms with Gasteiger partial charge in [0.25, 0.3) is 5.91 Å². The Morgan fingerprint density at radius 2 is 1.84 bits per heavy atom. The molecule has 2 amide bonds. The number of aromatic nitrogens is 2. The molecule has 1 saturated carbocycles. The summed E-state index contributed by atoms with van der Waals surface area (Å²) in [6, 6.07) is 19.2. The molecule has 3 N–H and O–H groups in total. The van der Waals surface area contributed by atoms with Gasteiger partial charge in [-0.2, -0.15) is 9.78 Å². The summed E-state index contributed by atoms with van der Waals surface area (Å²) in [4.78, 5) is 25.8. The molecule has 2 heterocycles. The average Bonchev–Trinajstić information content (AvgIpc) is 3.48. The van der Waals surface area contributed by atoms with E-state index in [9.17, 15) is 14.7 Å². The van der Waals surface area contributed by atoms with Gasteiger partial charge in [-0.1, -0.05) is 24.3 Å². The van der Waals surface area contributed by atoms with E-state index in [0.717, 1.165) is 29.7 Å². The normalized spacial score (nSPS) is 13.8. The molecule has 192 valence electrons. The fraction of sp³-hybridized carbons (Fsp3) is 0.207. The smallest absolute Gasteiger partial charge is 0.342 e. The first kappa shape index (κ1) is 23.6. The number of hydrogen-bond donors (Lipinski definition) is 3. The first-order valence-electron chi connectivity index (χ1n) is 12.4. The zero-order valence-electron chi connectivity index (χ0n) is 20.7. The molecule has 0 radical (unpaired) electrons. The van der Waals surface area contributed by atoms with Gasteiger partial charge in [-0.15, -0.1) is 0 Å². The molecule has 6 rings (SSSR count). The van der Waals surface area contributed by atoms with Gasteiger partial charge in [-0.05, 0) is 67.3 Å². The van der Waals surface area contributed by atoms with Gasteiger partial charge in [-0.25, -0.2) is 4.79 Å². The van der Waals surface area contributed by atoms with E-state index < -0.39 is 0 Å². The number of carbonyl (C=O) groups is 2. The van der Waals surface area contributed by atoms with Crippen LogP contribution in [0.3, 0.4) is 0 Å².